The number of nitrogens with one attached hydrogen (secondary N) is 4. The third-order valence-corrected chi connectivity index (χ3v) is 22.6. The lowest BCUT2D eigenvalue weighted by Crippen LogP contribution is -2.86. The average molecular weight is 1360 g/mol. The molecule has 6 aliphatic rings. The summed E-state index contributed by atoms with van der Waals surface area (Å²) in [6.45, 7) is 4.35. The third kappa shape index (κ3) is 15.7. The normalized spacial score (nSPS) is 30.7. The Kier molecular flexibility index (Phi) is 23.0. The molecule has 28 nitrogen and oxygen atoms in total. The minimum atomic E-state index is -1.52. The van der Waals surface area contributed by atoms with E-state index in [0.717, 1.165) is 15.7 Å². The van der Waals surface area contributed by atoms with Crippen LogP contribution in [0.5, 0.6) is 11.5 Å². The summed E-state index contributed by atoms with van der Waals surface area (Å²) >= 11 is 6.24. The minimum Gasteiger partial charge on any atom is -0.508 e. The van der Waals surface area contributed by atoms with Gasteiger partial charge in [-0.15, -0.1) is 17.9 Å². The van der Waals surface area contributed by atoms with E-state index in [4.69, 9.17) is 11.6 Å². The zero-order valence-corrected chi connectivity index (χ0v) is 54.8. The number of carbonyl (C=O) groups is 12. The molecule has 0 aromatic heterocycles. The second-order valence-corrected chi connectivity index (χ2v) is 29.6. The number of phenols is 2. The van der Waals surface area contributed by atoms with Gasteiger partial charge in [0.05, 0.1) is 29.8 Å². The maximum atomic E-state index is 15.1. The lowest BCUT2D eigenvalue weighted by atomic mass is 9.90. The Morgan fingerprint density at radius 1 is 0.731 bits per heavy atom. The van der Waals surface area contributed by atoms with E-state index in [9.17, 15) is 78.9 Å². The fourth-order valence-corrected chi connectivity index (χ4v) is 18.8. The van der Waals surface area contributed by atoms with Crippen molar-refractivity contribution in [1.82, 2.24) is 26.2 Å². The lowest BCUT2D eigenvalue weighted by Gasteiger charge is -2.49. The highest BCUT2D eigenvalue weighted by Gasteiger charge is 2.99. The Morgan fingerprint density at radius 2 is 1.29 bits per heavy atom. The molecule has 0 bridgehead atoms. The van der Waals surface area contributed by atoms with Crippen molar-refractivity contribution in [1.29, 1.82) is 0 Å². The standard InChI is InChI=1S/C62H82ClN9O19S2/c1-36(2)20-41-24-44(74)28-64-58(88)42(21-39-6-10-50(76)46(63)22-39)26-52(78)49-27-45(75)29-68(49)61(91)48(35-93-92-34-37(3)65-60(41)90)67-59(89)40(7-11-54(80)81)25-51(77)47(23-38-4-8-43(73)9-5-38)66-53(79)30-69-12-14-70(31-55(82)83)16-18-72(33-57(86)87)19-17-71(15-13-69,32-56(84)85)62(69,70)72/h4-6,8-10,22,36-37,40-42,45,47-49,75H,7,11-21,23-35H2,1-3H3,(H6-4,64,65,66,67,73,76,79,80,81,82,83,84,85,86,87,88,89,90)/p+4/t37-,40+,41-,42-,45-,47+,48+,49-,62?,69?,70+,71?,72?/m1/s1. The minimum absolute atomic E-state index is 0.000951. The van der Waals surface area contributed by atoms with E-state index in [0.29, 0.717) is 17.5 Å². The van der Waals surface area contributed by atoms with Gasteiger partial charge in [0.25, 0.3) is 5.91 Å². The number of phenolic OH excluding ortho intramolecular Hbond substituents is 2. The molecule has 0 aliphatic carbocycles. The van der Waals surface area contributed by atoms with Crippen LogP contribution in [0.1, 0.15) is 76.8 Å². The van der Waals surface area contributed by atoms with E-state index >= 15 is 14.4 Å². The molecule has 31 heteroatoms. The van der Waals surface area contributed by atoms with Crippen LogP contribution in [-0.4, -0.2) is 269 Å². The topological polar surface area (TPSA) is 398 Å². The number of benzene rings is 2. The van der Waals surface area contributed by atoms with Gasteiger partial charge in [0.15, 0.2) is 43.5 Å². The van der Waals surface area contributed by atoms with Crippen LogP contribution in [0.15, 0.2) is 42.5 Å². The van der Waals surface area contributed by atoms with Crippen LogP contribution in [0.25, 0.3) is 0 Å². The van der Waals surface area contributed by atoms with E-state index in [1.54, 1.807) is 6.92 Å². The Morgan fingerprint density at radius 3 is 1.84 bits per heavy atom. The van der Waals surface area contributed by atoms with Gasteiger partial charge in [0.1, 0.15) is 69.9 Å². The number of quaternary nitrogens is 4. The zero-order chi connectivity index (χ0) is 68.0. The first-order chi connectivity index (χ1) is 43.9. The van der Waals surface area contributed by atoms with Crippen LogP contribution < -0.4 is 21.3 Å². The highest BCUT2D eigenvalue weighted by molar-refractivity contribution is 8.76. The number of aliphatic hydroxyl groups excluding tert-OH is 1. The first kappa shape index (κ1) is 71.9. The number of nitrogens with zero attached hydrogens (tertiary/aromatic N) is 5. The van der Waals surface area contributed by atoms with Gasteiger partial charge in [0.2, 0.25) is 23.6 Å². The average Bonchev–Trinajstić information content (AvgIpc) is 1.45. The van der Waals surface area contributed by atoms with Crippen LogP contribution >= 0.6 is 33.2 Å². The van der Waals surface area contributed by atoms with E-state index in [1.807, 2.05) is 13.8 Å². The van der Waals surface area contributed by atoms with Gasteiger partial charge in [-0.25, -0.2) is 14.4 Å². The first-order valence-electron chi connectivity index (χ1n) is 31.4. The number of aromatic hydroxyl groups is 2. The summed E-state index contributed by atoms with van der Waals surface area (Å²) in [5.74, 6) is -15.7. The molecule has 508 valence electrons. The number of carboxylic acid groups (broad SMARTS) is 4. The molecule has 5 amide bonds. The summed E-state index contributed by atoms with van der Waals surface area (Å²) in [5, 5.41) is 84.2. The summed E-state index contributed by atoms with van der Waals surface area (Å²) in [4.78, 5) is 168. The first-order valence-corrected chi connectivity index (χ1v) is 34.3. The summed E-state index contributed by atoms with van der Waals surface area (Å²) in [7, 11) is 2.33. The Labute approximate surface area is 550 Å². The van der Waals surface area contributed by atoms with Gasteiger partial charge in [-0.1, -0.05) is 65.2 Å². The quantitative estimate of drug-likeness (QED) is 0.0527. The molecule has 6 fully saturated rings. The molecule has 8 rings (SSSR count). The second-order valence-electron chi connectivity index (χ2n) is 26.7. The predicted octanol–water partition coefficient (Wildman–Crippen LogP) is 0.308. The molecule has 1 spiro atoms. The highest BCUT2D eigenvalue weighted by atomic mass is 35.5. The van der Waals surface area contributed by atoms with Crippen molar-refractivity contribution in [3.63, 3.8) is 0 Å². The van der Waals surface area contributed by atoms with Crippen molar-refractivity contribution < 1.29 is 111 Å². The van der Waals surface area contributed by atoms with Gasteiger partial charge in [-0.05, 0) is 73.9 Å². The zero-order valence-electron chi connectivity index (χ0n) is 52.4. The van der Waals surface area contributed by atoms with E-state index in [1.165, 1.54) is 53.3 Å². The van der Waals surface area contributed by atoms with Crippen LogP contribution in [0.4, 0.5) is 0 Å². The van der Waals surface area contributed by atoms with E-state index in [-0.39, 0.29) is 130 Å². The molecule has 6 aliphatic heterocycles. The van der Waals surface area contributed by atoms with Crippen LogP contribution in [0, 0.1) is 23.7 Å². The Balaban J connectivity index is 1.09. The second kappa shape index (κ2) is 29.8. The number of aliphatic carboxylic acids is 4. The molecule has 93 heavy (non-hydrogen) atoms. The number of ketones is 3. The number of amides is 5. The number of fused-ring (bicyclic) bond motifs is 1. The van der Waals surface area contributed by atoms with Crippen LogP contribution in [0.2, 0.25) is 5.02 Å². The van der Waals surface area contributed by atoms with Crippen molar-refractivity contribution in [3.05, 3.63) is 58.6 Å². The van der Waals surface area contributed by atoms with Gasteiger partial charge >= 0.3 is 29.8 Å². The number of halogens is 1. The number of hydrogen-bond donors (Lipinski definition) is 11. The largest absolute Gasteiger partial charge is 0.508 e. The molecule has 2 aromatic carbocycles. The number of carboxylic acids is 4. The van der Waals surface area contributed by atoms with Crippen molar-refractivity contribution in [2.45, 2.75) is 115 Å². The number of Topliss-reactive ketones (excluding diaryl/α,β-unsaturated/α-hetero) is 3. The van der Waals surface area contributed by atoms with Crippen molar-refractivity contribution >= 4 is 104 Å². The van der Waals surface area contributed by atoms with E-state index < -0.39 is 190 Å². The van der Waals surface area contributed by atoms with Gasteiger partial charge in [-0.2, -0.15) is 0 Å². The molecule has 0 radical (unpaired) electrons. The maximum absolute atomic E-state index is 15.1. The maximum Gasteiger partial charge on any atom is 0.483 e. The number of hydrogen-bond acceptors (Lipinski definition) is 17. The summed E-state index contributed by atoms with van der Waals surface area (Å²) in [5.41, 5.74) is 0.862. The van der Waals surface area contributed by atoms with Gasteiger partial charge in [-0.3, -0.25) is 43.2 Å². The number of aliphatic hydroxyl groups is 1. The molecule has 2 aromatic rings. The molecule has 6 heterocycles. The Bertz CT molecular complexity index is 3170. The molecule has 13 atom stereocenters. The number of rotatable bonds is 23. The molecular weight excluding hydrogens is 1270 g/mol. The third-order valence-electron chi connectivity index (χ3n) is 19.7. The Hall–Kier alpha value is -6.93. The van der Waals surface area contributed by atoms with Crippen LogP contribution in [0.3, 0.4) is 0 Å². The van der Waals surface area contributed by atoms with E-state index in [2.05, 4.69) is 21.3 Å². The number of carbonyl (C=O) groups excluding carboxylic acids is 8. The molecular formula is C62H86ClN9O19S2+4. The molecule has 4 unspecified atom stereocenters. The predicted molar refractivity (Wildman–Crippen MR) is 335 cm³/mol. The summed E-state index contributed by atoms with van der Waals surface area (Å²) in [6.07, 6.45) is -4.11. The lowest BCUT2D eigenvalue weighted by molar-refractivity contribution is -1.36. The summed E-state index contributed by atoms with van der Waals surface area (Å²) < 4.78 is -0.678. The van der Waals surface area contributed by atoms with Gasteiger partial charge in [0, 0.05) is 74.0 Å². The smallest absolute Gasteiger partial charge is 0.483 e. The van der Waals surface area contributed by atoms with Crippen LogP contribution in [-0.2, 0) is 70.4 Å². The summed E-state index contributed by atoms with van der Waals surface area (Å²) in [6, 6.07) is 5.07. The monoisotopic (exact) mass is 1360 g/mol. The van der Waals surface area contributed by atoms with Gasteiger partial charge < -0.3 is 61.9 Å². The molecule has 6 saturated heterocycles. The fourth-order valence-electron chi connectivity index (χ4n) is 16.2. The fraction of sp³-hybridized carbons (Fsp3) is 0.613. The van der Waals surface area contributed by atoms with Crippen molar-refractivity contribution in [3.8, 4) is 11.5 Å². The highest BCUT2D eigenvalue weighted by Crippen LogP contribution is 2.62. The molecule has 11 N–H and O–H groups in total. The van der Waals surface area contributed by atoms with Crippen molar-refractivity contribution in [2.24, 2.45) is 23.7 Å². The van der Waals surface area contributed by atoms with Crippen molar-refractivity contribution in [2.75, 3.05) is 103 Å². The SMILES string of the molecule is CC(C)C[C@@H]1CC(=O)CNC(=O)[C@H](Cc2ccc(O)c(Cl)c2)CC(=O)[C@H]2C[C@@H](O)CN2C(=O)[C@@H](NC(=O)[C@@H](CCC(=O)O)CC(=O)[C@H](Cc2ccc(O)cc2)NC(=O)C[N+]23CC[N+]4(CC(=O)O)CC[N+]5(CC(=O)O)CC[N@+](CC(=O)O)(CC2)C453)CSSC[C@@H](C)NC1=O. The molecule has 0 saturated carbocycles.